The number of carboxylic acids is 1. The lowest BCUT2D eigenvalue weighted by atomic mass is 9.99. The topological polar surface area (TPSA) is 91.4 Å². The fourth-order valence-electron chi connectivity index (χ4n) is 3.37. The van der Waals surface area contributed by atoms with Crippen molar-refractivity contribution in [3.63, 3.8) is 0 Å². The van der Waals surface area contributed by atoms with E-state index in [4.69, 9.17) is 4.74 Å². The smallest absolute Gasteiger partial charge is 0.326 e. The van der Waals surface area contributed by atoms with Gasteiger partial charge < -0.3 is 20.1 Å². The van der Waals surface area contributed by atoms with Crippen molar-refractivity contribution in [3.8, 4) is 5.75 Å². The summed E-state index contributed by atoms with van der Waals surface area (Å²) < 4.78 is 5.52. The van der Waals surface area contributed by atoms with Crippen molar-refractivity contribution in [2.75, 3.05) is 6.61 Å². The largest absolute Gasteiger partial charge is 0.492 e. The Kier molecular flexibility index (Phi) is 4.08. The molecular weight excluding hydrogens is 332 g/mol. The molecule has 1 aliphatic rings. The van der Waals surface area contributed by atoms with Crippen LogP contribution < -0.4 is 10.1 Å². The molecule has 0 radical (unpaired) electrons. The van der Waals surface area contributed by atoms with Gasteiger partial charge in [-0.15, -0.1) is 0 Å². The van der Waals surface area contributed by atoms with Crippen LogP contribution in [0, 0.1) is 0 Å². The standard InChI is InChI=1S/C20H18N2O4/c23-19(15-11-26-18-8-4-2-6-14(15)18)22-17(20(24)25)9-12-10-21-16-7-3-1-5-13(12)16/h1-8,10,15,17,21H,9,11H2,(H,22,23)(H,24,25)/t15-,17+/m0/s1. The van der Waals surface area contributed by atoms with Crippen LogP contribution in [0.2, 0.25) is 0 Å². The number of carboxylic acid groups (broad SMARTS) is 1. The van der Waals surface area contributed by atoms with Crippen molar-refractivity contribution in [1.29, 1.82) is 0 Å². The van der Waals surface area contributed by atoms with E-state index in [1.54, 1.807) is 6.20 Å². The summed E-state index contributed by atoms with van der Waals surface area (Å²) in [5.41, 5.74) is 2.59. The number of H-pyrrole nitrogens is 1. The maximum atomic E-state index is 12.7. The minimum atomic E-state index is -1.06. The van der Waals surface area contributed by atoms with Gasteiger partial charge in [-0.3, -0.25) is 4.79 Å². The number of carbonyl (C=O) groups excluding carboxylic acids is 1. The van der Waals surface area contributed by atoms with Crippen LogP contribution in [0.25, 0.3) is 10.9 Å². The van der Waals surface area contributed by atoms with Gasteiger partial charge in [-0.05, 0) is 17.7 Å². The Morgan fingerprint density at radius 3 is 2.81 bits per heavy atom. The van der Waals surface area contributed by atoms with Crippen LogP contribution in [0.1, 0.15) is 17.0 Å². The van der Waals surface area contributed by atoms with E-state index in [1.807, 2.05) is 48.5 Å². The maximum absolute atomic E-state index is 12.7. The highest BCUT2D eigenvalue weighted by Crippen LogP contribution is 2.33. The molecule has 0 spiro atoms. The second-order valence-electron chi connectivity index (χ2n) is 6.36. The van der Waals surface area contributed by atoms with E-state index in [2.05, 4.69) is 10.3 Å². The number of carbonyl (C=O) groups is 2. The number of amides is 1. The third-order valence-electron chi connectivity index (χ3n) is 4.73. The van der Waals surface area contributed by atoms with Crippen LogP contribution in [-0.2, 0) is 16.0 Å². The number of ether oxygens (including phenoxy) is 1. The van der Waals surface area contributed by atoms with Gasteiger partial charge in [0, 0.05) is 29.1 Å². The molecule has 2 atom stereocenters. The molecule has 0 fully saturated rings. The second-order valence-corrected chi connectivity index (χ2v) is 6.36. The molecule has 132 valence electrons. The highest BCUT2D eigenvalue weighted by atomic mass is 16.5. The normalized spacial score (nSPS) is 16.7. The number of benzene rings is 2. The minimum absolute atomic E-state index is 0.209. The zero-order chi connectivity index (χ0) is 18.1. The lowest BCUT2D eigenvalue weighted by molar-refractivity contribution is -0.142. The molecule has 1 aromatic heterocycles. The molecule has 1 amide bonds. The molecule has 0 unspecified atom stereocenters. The van der Waals surface area contributed by atoms with Crippen LogP contribution >= 0.6 is 0 Å². The number of nitrogens with one attached hydrogen (secondary N) is 2. The van der Waals surface area contributed by atoms with E-state index in [0.29, 0.717) is 5.75 Å². The zero-order valence-corrected chi connectivity index (χ0v) is 13.9. The van der Waals surface area contributed by atoms with E-state index in [9.17, 15) is 14.7 Å². The van der Waals surface area contributed by atoms with Crippen molar-refractivity contribution in [1.82, 2.24) is 10.3 Å². The van der Waals surface area contributed by atoms with Crippen molar-refractivity contribution in [2.24, 2.45) is 0 Å². The van der Waals surface area contributed by atoms with Crippen LogP contribution in [0.4, 0.5) is 0 Å². The van der Waals surface area contributed by atoms with E-state index >= 15 is 0 Å². The van der Waals surface area contributed by atoms with Crippen molar-refractivity contribution >= 4 is 22.8 Å². The van der Waals surface area contributed by atoms with E-state index < -0.39 is 17.9 Å². The molecule has 6 heteroatoms. The SMILES string of the molecule is O=C(N[C@H](Cc1c[nH]c2ccccc12)C(=O)O)[C@H]1COc2ccccc21. The summed E-state index contributed by atoms with van der Waals surface area (Å²) in [5.74, 6) is -1.20. The number of aliphatic carboxylic acids is 1. The monoisotopic (exact) mass is 350 g/mol. The predicted octanol–water partition coefficient (Wildman–Crippen LogP) is 2.46. The zero-order valence-electron chi connectivity index (χ0n) is 13.9. The van der Waals surface area contributed by atoms with Crippen LogP contribution in [0.5, 0.6) is 5.75 Å². The Hall–Kier alpha value is -3.28. The number of aromatic nitrogens is 1. The Morgan fingerprint density at radius 1 is 1.19 bits per heavy atom. The molecule has 2 heterocycles. The first-order valence-corrected chi connectivity index (χ1v) is 8.43. The summed E-state index contributed by atoms with van der Waals surface area (Å²) in [6.07, 6.45) is 2.00. The van der Waals surface area contributed by atoms with Gasteiger partial charge in [0.05, 0.1) is 0 Å². The van der Waals surface area contributed by atoms with Crippen molar-refractivity contribution in [3.05, 3.63) is 65.9 Å². The molecule has 26 heavy (non-hydrogen) atoms. The first-order valence-electron chi connectivity index (χ1n) is 8.43. The fourth-order valence-corrected chi connectivity index (χ4v) is 3.37. The lowest BCUT2D eigenvalue weighted by Crippen LogP contribution is -2.44. The number of rotatable bonds is 5. The second kappa shape index (κ2) is 6.55. The average molecular weight is 350 g/mol. The summed E-state index contributed by atoms with van der Waals surface area (Å²) in [6, 6.07) is 14.0. The molecule has 3 N–H and O–H groups in total. The Morgan fingerprint density at radius 2 is 1.96 bits per heavy atom. The number of fused-ring (bicyclic) bond motifs is 2. The van der Waals surface area contributed by atoms with E-state index in [1.165, 1.54) is 0 Å². The highest BCUT2D eigenvalue weighted by molar-refractivity contribution is 5.90. The molecule has 2 aromatic carbocycles. The van der Waals surface area contributed by atoms with Gasteiger partial charge in [-0.1, -0.05) is 36.4 Å². The van der Waals surface area contributed by atoms with Gasteiger partial charge in [0.25, 0.3) is 0 Å². The minimum Gasteiger partial charge on any atom is -0.492 e. The molecule has 1 aliphatic heterocycles. The molecule has 0 saturated heterocycles. The fraction of sp³-hybridized carbons (Fsp3) is 0.200. The number of hydrogen-bond acceptors (Lipinski definition) is 3. The van der Waals surface area contributed by atoms with Crippen LogP contribution in [0.15, 0.2) is 54.7 Å². The molecule has 6 nitrogen and oxygen atoms in total. The molecule has 4 rings (SSSR count). The number of aromatic amines is 1. The third-order valence-corrected chi connectivity index (χ3v) is 4.73. The quantitative estimate of drug-likeness (QED) is 0.659. The van der Waals surface area contributed by atoms with E-state index in [0.717, 1.165) is 22.0 Å². The average Bonchev–Trinajstić information content (AvgIpc) is 3.25. The first kappa shape index (κ1) is 16.2. The summed E-state index contributed by atoms with van der Waals surface area (Å²) in [7, 11) is 0. The summed E-state index contributed by atoms with van der Waals surface area (Å²) in [5, 5.41) is 13.2. The molecule has 0 saturated carbocycles. The Labute approximate surface area is 149 Å². The Bertz CT molecular complexity index is 979. The lowest BCUT2D eigenvalue weighted by Gasteiger charge is -2.17. The summed E-state index contributed by atoms with van der Waals surface area (Å²) >= 11 is 0. The maximum Gasteiger partial charge on any atom is 0.326 e. The molecule has 0 bridgehead atoms. The van der Waals surface area contributed by atoms with E-state index in [-0.39, 0.29) is 18.9 Å². The molecule has 0 aliphatic carbocycles. The van der Waals surface area contributed by atoms with Gasteiger partial charge in [0.1, 0.15) is 24.3 Å². The Balaban J connectivity index is 1.53. The highest BCUT2D eigenvalue weighted by Gasteiger charge is 2.32. The van der Waals surface area contributed by atoms with Gasteiger partial charge in [0.2, 0.25) is 5.91 Å². The molecular formula is C20H18N2O4. The summed E-state index contributed by atoms with van der Waals surface area (Å²) in [6.45, 7) is 0.227. The number of para-hydroxylation sites is 2. The summed E-state index contributed by atoms with van der Waals surface area (Å²) in [4.78, 5) is 27.5. The van der Waals surface area contributed by atoms with Crippen LogP contribution in [-0.4, -0.2) is 34.6 Å². The van der Waals surface area contributed by atoms with Gasteiger partial charge in [-0.2, -0.15) is 0 Å². The van der Waals surface area contributed by atoms with Gasteiger partial charge in [0.15, 0.2) is 0 Å². The van der Waals surface area contributed by atoms with Crippen LogP contribution in [0.3, 0.4) is 0 Å². The number of hydrogen-bond donors (Lipinski definition) is 3. The predicted molar refractivity (Wildman–Crippen MR) is 96.2 cm³/mol. The van der Waals surface area contributed by atoms with Gasteiger partial charge >= 0.3 is 5.97 Å². The third kappa shape index (κ3) is 2.90. The first-order chi connectivity index (χ1) is 12.6. The van der Waals surface area contributed by atoms with Gasteiger partial charge in [-0.25, -0.2) is 4.79 Å². The molecule has 3 aromatic rings. The van der Waals surface area contributed by atoms with Crippen molar-refractivity contribution < 1.29 is 19.4 Å². The van der Waals surface area contributed by atoms with Crippen molar-refractivity contribution in [2.45, 2.75) is 18.4 Å².